The predicted molar refractivity (Wildman–Crippen MR) is 113 cm³/mol. The molecule has 3 heterocycles. The summed E-state index contributed by atoms with van der Waals surface area (Å²) in [5.74, 6) is 3.05. The molecule has 1 aliphatic heterocycles. The van der Waals surface area contributed by atoms with E-state index in [0.29, 0.717) is 5.82 Å². The Morgan fingerprint density at radius 2 is 2.00 bits per heavy atom. The number of methoxy groups -OCH3 is 1. The van der Waals surface area contributed by atoms with Crippen LogP contribution in [-0.2, 0) is 6.54 Å². The summed E-state index contributed by atoms with van der Waals surface area (Å²) in [5, 5.41) is 5.50. The number of benzene rings is 1. The molecule has 6 heteroatoms. The van der Waals surface area contributed by atoms with Crippen molar-refractivity contribution in [2.45, 2.75) is 57.5 Å². The molecule has 5 rings (SSSR count). The maximum atomic E-state index is 5.72. The van der Waals surface area contributed by atoms with Crippen LogP contribution in [0.1, 0.15) is 56.9 Å². The first-order valence-electron chi connectivity index (χ1n) is 10.9. The van der Waals surface area contributed by atoms with E-state index in [1.54, 1.807) is 7.11 Å². The van der Waals surface area contributed by atoms with Crippen molar-refractivity contribution < 1.29 is 9.26 Å². The van der Waals surface area contributed by atoms with E-state index in [0.717, 1.165) is 53.5 Å². The van der Waals surface area contributed by atoms with Crippen LogP contribution in [0, 0.1) is 5.92 Å². The summed E-state index contributed by atoms with van der Waals surface area (Å²) in [6.45, 7) is 2.10. The summed E-state index contributed by atoms with van der Waals surface area (Å²) < 4.78 is 13.8. The van der Waals surface area contributed by atoms with Gasteiger partial charge in [0.25, 0.3) is 0 Å². The molecule has 0 N–H and O–H groups in total. The van der Waals surface area contributed by atoms with Crippen LogP contribution in [0.2, 0.25) is 0 Å². The molecule has 6 nitrogen and oxygen atoms in total. The minimum atomic E-state index is 0.237. The Bertz CT molecular complexity index is 986. The maximum Gasteiger partial charge on any atom is 0.244 e. The van der Waals surface area contributed by atoms with Gasteiger partial charge in [0.15, 0.2) is 0 Å². The van der Waals surface area contributed by atoms with Gasteiger partial charge >= 0.3 is 0 Å². The number of aromatic nitrogens is 3. The molecule has 2 aliphatic rings. The maximum absolute atomic E-state index is 5.72. The highest BCUT2D eigenvalue weighted by molar-refractivity contribution is 5.97. The molecule has 2 fully saturated rings. The van der Waals surface area contributed by atoms with Crippen molar-refractivity contribution in [3.05, 3.63) is 30.3 Å². The van der Waals surface area contributed by atoms with E-state index in [-0.39, 0.29) is 6.04 Å². The molecule has 0 unspecified atom stereocenters. The van der Waals surface area contributed by atoms with E-state index in [4.69, 9.17) is 14.2 Å². The van der Waals surface area contributed by atoms with Gasteiger partial charge in [0.05, 0.1) is 18.7 Å². The monoisotopic (exact) mass is 394 g/mol. The fraction of sp³-hybridized carbons (Fsp3) is 0.565. The summed E-state index contributed by atoms with van der Waals surface area (Å²) in [6.07, 6.45) is 11.1. The smallest absolute Gasteiger partial charge is 0.244 e. The second kappa shape index (κ2) is 7.82. The largest absolute Gasteiger partial charge is 0.495 e. The van der Waals surface area contributed by atoms with E-state index in [9.17, 15) is 0 Å². The molecule has 1 aromatic carbocycles. The molecule has 29 heavy (non-hydrogen) atoms. The minimum Gasteiger partial charge on any atom is -0.495 e. The van der Waals surface area contributed by atoms with Crippen LogP contribution in [-0.4, -0.2) is 40.3 Å². The molecule has 1 aliphatic carbocycles. The van der Waals surface area contributed by atoms with Crippen molar-refractivity contribution in [1.82, 2.24) is 19.6 Å². The lowest BCUT2D eigenvalue weighted by atomic mass is 9.89. The van der Waals surface area contributed by atoms with Gasteiger partial charge < -0.3 is 13.8 Å². The zero-order valence-electron chi connectivity index (χ0n) is 17.4. The molecule has 1 atom stereocenters. The second-order valence-electron chi connectivity index (χ2n) is 8.65. The summed E-state index contributed by atoms with van der Waals surface area (Å²) in [4.78, 5) is 7.10. The highest BCUT2D eigenvalue weighted by Crippen LogP contribution is 2.37. The Labute approximate surface area is 171 Å². The van der Waals surface area contributed by atoms with Crippen molar-refractivity contribution in [3.8, 4) is 17.1 Å². The van der Waals surface area contributed by atoms with Gasteiger partial charge in [0.2, 0.25) is 11.7 Å². The first kappa shape index (κ1) is 18.7. The summed E-state index contributed by atoms with van der Waals surface area (Å²) >= 11 is 0. The standard InChI is InChI=1S/C23H30N4O2/c1-26-13-7-11-19(26)23-24-22(25-29-23)18-15-27(14-16-8-4-3-5-9-16)21-17(18)10-6-12-20(21)28-2/h6,10,12,15-16,19H,3-5,7-9,11,13-14H2,1-2H3/t19-/m0/s1. The number of hydrogen-bond acceptors (Lipinski definition) is 5. The van der Waals surface area contributed by atoms with Crippen LogP contribution in [0.25, 0.3) is 22.3 Å². The Balaban J connectivity index is 1.54. The van der Waals surface area contributed by atoms with Crippen LogP contribution in [0.3, 0.4) is 0 Å². The Morgan fingerprint density at radius 3 is 2.76 bits per heavy atom. The SMILES string of the molecule is COc1cccc2c(-c3noc([C@@H]4CCCN4C)n3)cn(CC3CCCCC3)c12. The topological polar surface area (TPSA) is 56.3 Å². The van der Waals surface area contributed by atoms with Gasteiger partial charge in [-0.2, -0.15) is 4.98 Å². The third kappa shape index (κ3) is 3.44. The number of para-hydroxylation sites is 1. The van der Waals surface area contributed by atoms with Gasteiger partial charge in [-0.3, -0.25) is 4.90 Å². The fourth-order valence-electron chi connectivity index (χ4n) is 5.16. The van der Waals surface area contributed by atoms with E-state index in [2.05, 4.69) is 33.9 Å². The lowest BCUT2D eigenvalue weighted by Gasteiger charge is -2.22. The van der Waals surface area contributed by atoms with Crippen molar-refractivity contribution in [1.29, 1.82) is 0 Å². The van der Waals surface area contributed by atoms with Gasteiger partial charge in [-0.15, -0.1) is 0 Å². The minimum absolute atomic E-state index is 0.237. The molecular weight excluding hydrogens is 364 g/mol. The third-order valence-corrected chi connectivity index (χ3v) is 6.75. The summed E-state index contributed by atoms with van der Waals surface area (Å²) in [6, 6.07) is 6.46. The van der Waals surface area contributed by atoms with Crippen LogP contribution < -0.4 is 4.74 Å². The highest BCUT2D eigenvalue weighted by Gasteiger charge is 2.29. The van der Waals surface area contributed by atoms with Crippen LogP contribution in [0.4, 0.5) is 0 Å². The zero-order chi connectivity index (χ0) is 19.8. The second-order valence-corrected chi connectivity index (χ2v) is 8.65. The molecular formula is C23H30N4O2. The van der Waals surface area contributed by atoms with Crippen molar-refractivity contribution in [2.24, 2.45) is 5.92 Å². The van der Waals surface area contributed by atoms with Crippen LogP contribution in [0.15, 0.2) is 28.9 Å². The van der Waals surface area contributed by atoms with Crippen LogP contribution in [0.5, 0.6) is 5.75 Å². The summed E-state index contributed by atoms with van der Waals surface area (Å²) in [5.41, 5.74) is 2.17. The lowest BCUT2D eigenvalue weighted by molar-refractivity contribution is 0.245. The molecule has 154 valence electrons. The third-order valence-electron chi connectivity index (χ3n) is 6.75. The number of fused-ring (bicyclic) bond motifs is 1. The van der Waals surface area contributed by atoms with Crippen molar-refractivity contribution in [3.63, 3.8) is 0 Å². The number of likely N-dealkylation sites (tertiary alicyclic amines) is 1. The van der Waals surface area contributed by atoms with E-state index in [1.165, 1.54) is 38.5 Å². The van der Waals surface area contributed by atoms with Gasteiger partial charge in [-0.25, -0.2) is 0 Å². The Hall–Kier alpha value is -2.34. The number of hydrogen-bond donors (Lipinski definition) is 0. The normalized spacial score (nSPS) is 21.2. The predicted octanol–water partition coefficient (Wildman–Crippen LogP) is 5.05. The van der Waals surface area contributed by atoms with E-state index in [1.807, 2.05) is 12.1 Å². The molecule has 1 saturated carbocycles. The Kier molecular flexibility index (Phi) is 5.04. The first-order valence-corrected chi connectivity index (χ1v) is 10.9. The molecule has 2 aromatic heterocycles. The zero-order valence-corrected chi connectivity index (χ0v) is 17.4. The van der Waals surface area contributed by atoms with E-state index < -0.39 is 0 Å². The number of nitrogens with zero attached hydrogens (tertiary/aromatic N) is 4. The number of rotatable bonds is 5. The Morgan fingerprint density at radius 1 is 1.14 bits per heavy atom. The van der Waals surface area contributed by atoms with Crippen LogP contribution >= 0.6 is 0 Å². The average molecular weight is 395 g/mol. The summed E-state index contributed by atoms with van der Waals surface area (Å²) in [7, 11) is 3.87. The molecule has 3 aromatic rings. The fourth-order valence-corrected chi connectivity index (χ4v) is 5.16. The number of ether oxygens (including phenoxy) is 1. The van der Waals surface area contributed by atoms with Crippen molar-refractivity contribution in [2.75, 3.05) is 20.7 Å². The molecule has 0 amide bonds. The van der Waals surface area contributed by atoms with Gasteiger partial charge in [0.1, 0.15) is 5.75 Å². The van der Waals surface area contributed by atoms with Gasteiger partial charge in [-0.1, -0.05) is 36.6 Å². The van der Waals surface area contributed by atoms with Gasteiger partial charge in [0, 0.05) is 23.7 Å². The first-order chi connectivity index (χ1) is 14.2. The van der Waals surface area contributed by atoms with Gasteiger partial charge in [-0.05, 0) is 51.3 Å². The average Bonchev–Trinajstić information content (AvgIpc) is 3.47. The van der Waals surface area contributed by atoms with E-state index >= 15 is 0 Å². The molecule has 0 spiro atoms. The molecule has 1 saturated heterocycles. The van der Waals surface area contributed by atoms with Crippen molar-refractivity contribution >= 4 is 10.9 Å². The highest BCUT2D eigenvalue weighted by atomic mass is 16.5. The molecule has 0 bridgehead atoms. The lowest BCUT2D eigenvalue weighted by Crippen LogP contribution is -2.17. The quantitative estimate of drug-likeness (QED) is 0.606. The molecule has 0 radical (unpaired) electrons.